The summed E-state index contributed by atoms with van der Waals surface area (Å²) in [4.78, 5) is 0. The van der Waals surface area contributed by atoms with Crippen LogP contribution in [-0.4, -0.2) is 13.2 Å². The molecule has 0 radical (unpaired) electrons. The summed E-state index contributed by atoms with van der Waals surface area (Å²) in [5.41, 5.74) is 6.58. The van der Waals surface area contributed by atoms with Crippen molar-refractivity contribution in [2.24, 2.45) is 0 Å². The zero-order valence-corrected chi connectivity index (χ0v) is 14.3. The lowest BCUT2D eigenvalue weighted by molar-refractivity contribution is 0.184. The molecule has 0 aromatic heterocycles. The first-order valence-corrected chi connectivity index (χ1v) is 8.39. The summed E-state index contributed by atoms with van der Waals surface area (Å²) in [6.07, 6.45) is 4.83. The van der Waals surface area contributed by atoms with Crippen LogP contribution in [0.25, 0.3) is 11.1 Å². The average Bonchev–Trinajstić information content (AvgIpc) is 2.86. The monoisotopic (exact) mass is 320 g/mol. The summed E-state index contributed by atoms with van der Waals surface area (Å²) >= 11 is 0. The molecule has 0 unspecified atom stereocenters. The van der Waals surface area contributed by atoms with Crippen LogP contribution in [0.15, 0.2) is 68.1 Å². The molecule has 2 heteroatoms. The molecule has 0 fully saturated rings. The van der Waals surface area contributed by atoms with Crippen LogP contribution in [0, 0.1) is 6.92 Å². The maximum atomic E-state index is 5.49. The van der Waals surface area contributed by atoms with Gasteiger partial charge in [-0.2, -0.15) is 0 Å². The predicted molar refractivity (Wildman–Crippen MR) is 98.9 cm³/mol. The van der Waals surface area contributed by atoms with E-state index in [0.717, 1.165) is 12.8 Å². The Kier molecular flexibility index (Phi) is 4.75. The van der Waals surface area contributed by atoms with E-state index in [1.165, 1.54) is 40.3 Å². The van der Waals surface area contributed by atoms with E-state index in [9.17, 15) is 0 Å². The molecular weight excluding hydrogens is 296 g/mol. The first kappa shape index (κ1) is 16.4. The summed E-state index contributed by atoms with van der Waals surface area (Å²) in [5, 5.41) is 0. The van der Waals surface area contributed by atoms with E-state index in [1.807, 2.05) is 0 Å². The van der Waals surface area contributed by atoms with Crippen molar-refractivity contribution in [3.05, 3.63) is 84.8 Å². The molecular formula is C22H24O2. The van der Waals surface area contributed by atoms with Gasteiger partial charge in [-0.3, -0.25) is 0 Å². The molecule has 124 valence electrons. The highest BCUT2D eigenvalue weighted by molar-refractivity contribution is 5.81. The molecule has 1 aliphatic carbocycles. The summed E-state index contributed by atoms with van der Waals surface area (Å²) in [7, 11) is 0. The van der Waals surface area contributed by atoms with Crippen molar-refractivity contribution in [1.82, 2.24) is 0 Å². The van der Waals surface area contributed by atoms with Crippen LogP contribution >= 0.6 is 0 Å². The largest absolute Gasteiger partial charge is 0.502 e. The molecule has 2 aromatic rings. The smallest absolute Gasteiger partial charge is 0.0884 e. The SMILES string of the molecule is C=COCCC1(CCOC=C)c2ccccc2-c2ccc(C)cc21. The molecule has 0 atom stereocenters. The molecule has 3 rings (SSSR count). The van der Waals surface area contributed by atoms with Crippen LogP contribution < -0.4 is 0 Å². The molecule has 0 heterocycles. The van der Waals surface area contributed by atoms with Gasteiger partial charge in [0.25, 0.3) is 0 Å². The zero-order valence-electron chi connectivity index (χ0n) is 14.3. The van der Waals surface area contributed by atoms with Crippen molar-refractivity contribution in [3.63, 3.8) is 0 Å². The van der Waals surface area contributed by atoms with E-state index in [1.54, 1.807) is 0 Å². The molecule has 0 amide bonds. The first-order chi connectivity index (χ1) is 11.7. The van der Waals surface area contributed by atoms with Gasteiger partial charge in [-0.25, -0.2) is 0 Å². The van der Waals surface area contributed by atoms with Gasteiger partial charge >= 0.3 is 0 Å². The van der Waals surface area contributed by atoms with Crippen molar-refractivity contribution in [2.75, 3.05) is 13.2 Å². The zero-order chi connectivity index (χ0) is 17.0. The van der Waals surface area contributed by atoms with Gasteiger partial charge in [-0.05, 0) is 42.0 Å². The molecule has 0 bridgehead atoms. The molecule has 1 aliphatic rings. The number of benzene rings is 2. The van der Waals surface area contributed by atoms with Gasteiger partial charge in [0.1, 0.15) is 0 Å². The number of hydrogen-bond acceptors (Lipinski definition) is 2. The molecule has 0 saturated carbocycles. The maximum Gasteiger partial charge on any atom is 0.0884 e. The van der Waals surface area contributed by atoms with Crippen LogP contribution in [0.4, 0.5) is 0 Å². The van der Waals surface area contributed by atoms with Gasteiger partial charge in [-0.1, -0.05) is 61.2 Å². The lowest BCUT2D eigenvalue weighted by Gasteiger charge is -2.32. The molecule has 2 aromatic carbocycles. The number of ether oxygens (including phenoxy) is 2. The molecule has 0 N–H and O–H groups in total. The number of fused-ring (bicyclic) bond motifs is 3. The highest BCUT2D eigenvalue weighted by atomic mass is 16.5. The Morgan fingerprint density at radius 3 is 2.17 bits per heavy atom. The fourth-order valence-corrected chi connectivity index (χ4v) is 3.87. The Bertz CT molecular complexity index is 731. The van der Waals surface area contributed by atoms with Crippen LogP contribution in [0.3, 0.4) is 0 Å². The minimum Gasteiger partial charge on any atom is -0.502 e. The third-order valence-electron chi connectivity index (χ3n) is 4.95. The van der Waals surface area contributed by atoms with Crippen molar-refractivity contribution in [3.8, 4) is 11.1 Å². The molecule has 0 saturated heterocycles. The summed E-state index contributed by atoms with van der Waals surface area (Å²) in [6.45, 7) is 10.8. The Balaban J connectivity index is 2.12. The van der Waals surface area contributed by atoms with E-state index in [2.05, 4.69) is 62.5 Å². The maximum absolute atomic E-state index is 5.49. The Morgan fingerprint density at radius 1 is 0.875 bits per heavy atom. The summed E-state index contributed by atoms with van der Waals surface area (Å²) in [5.74, 6) is 0. The summed E-state index contributed by atoms with van der Waals surface area (Å²) < 4.78 is 11.0. The molecule has 2 nitrogen and oxygen atoms in total. The van der Waals surface area contributed by atoms with Gasteiger partial charge in [-0.15, -0.1) is 0 Å². The van der Waals surface area contributed by atoms with Gasteiger partial charge < -0.3 is 9.47 Å². The highest BCUT2D eigenvalue weighted by Crippen LogP contribution is 2.52. The quantitative estimate of drug-likeness (QED) is 0.481. The second-order valence-electron chi connectivity index (χ2n) is 6.25. The van der Waals surface area contributed by atoms with Gasteiger partial charge in [0.2, 0.25) is 0 Å². The van der Waals surface area contributed by atoms with Crippen molar-refractivity contribution in [2.45, 2.75) is 25.2 Å². The standard InChI is InChI=1S/C22H24O2/c1-4-23-14-12-22(13-15-24-5-2)20-9-7-6-8-18(20)19-11-10-17(3)16-21(19)22/h4-11,16H,1-2,12-15H2,3H3. The average molecular weight is 320 g/mol. The second-order valence-corrected chi connectivity index (χ2v) is 6.25. The Hall–Kier alpha value is -2.48. The van der Waals surface area contributed by atoms with Crippen molar-refractivity contribution >= 4 is 0 Å². The van der Waals surface area contributed by atoms with Crippen LogP contribution in [0.5, 0.6) is 0 Å². The van der Waals surface area contributed by atoms with Gasteiger partial charge in [0.05, 0.1) is 25.7 Å². The first-order valence-electron chi connectivity index (χ1n) is 8.39. The third-order valence-corrected chi connectivity index (χ3v) is 4.95. The molecule has 0 spiro atoms. The lowest BCUT2D eigenvalue weighted by Crippen LogP contribution is -2.28. The topological polar surface area (TPSA) is 18.5 Å². The molecule has 24 heavy (non-hydrogen) atoms. The predicted octanol–water partition coefficient (Wildman–Crippen LogP) is 5.36. The summed E-state index contributed by atoms with van der Waals surface area (Å²) in [6, 6.07) is 15.4. The normalized spacial score (nSPS) is 13.7. The number of rotatable bonds is 8. The Morgan fingerprint density at radius 2 is 1.50 bits per heavy atom. The van der Waals surface area contributed by atoms with E-state index in [-0.39, 0.29) is 5.41 Å². The van der Waals surface area contributed by atoms with E-state index in [4.69, 9.17) is 9.47 Å². The fourth-order valence-electron chi connectivity index (χ4n) is 3.87. The van der Waals surface area contributed by atoms with Crippen LogP contribution in [0.1, 0.15) is 29.5 Å². The highest BCUT2D eigenvalue weighted by Gasteiger charge is 2.42. The third kappa shape index (κ3) is 2.73. The van der Waals surface area contributed by atoms with Crippen LogP contribution in [0.2, 0.25) is 0 Å². The van der Waals surface area contributed by atoms with E-state index < -0.39 is 0 Å². The Labute approximate surface area is 144 Å². The number of hydrogen-bond donors (Lipinski definition) is 0. The minimum atomic E-state index is -0.0933. The fraction of sp³-hybridized carbons (Fsp3) is 0.273. The second kappa shape index (κ2) is 6.96. The molecule has 0 aliphatic heterocycles. The van der Waals surface area contributed by atoms with Crippen molar-refractivity contribution in [1.29, 1.82) is 0 Å². The lowest BCUT2D eigenvalue weighted by atomic mass is 9.73. The van der Waals surface area contributed by atoms with E-state index >= 15 is 0 Å². The van der Waals surface area contributed by atoms with Gasteiger partial charge in [0, 0.05) is 5.41 Å². The number of aryl methyl sites for hydroxylation is 1. The van der Waals surface area contributed by atoms with E-state index in [0.29, 0.717) is 13.2 Å². The minimum absolute atomic E-state index is 0.0933. The van der Waals surface area contributed by atoms with Gasteiger partial charge in [0.15, 0.2) is 0 Å². The van der Waals surface area contributed by atoms with Crippen LogP contribution in [-0.2, 0) is 14.9 Å². The van der Waals surface area contributed by atoms with Crippen molar-refractivity contribution < 1.29 is 9.47 Å².